The average Bonchev–Trinajstić information content (AvgIpc) is 3.18. The summed E-state index contributed by atoms with van der Waals surface area (Å²) in [6.45, 7) is 0. The first-order valence-corrected chi connectivity index (χ1v) is 17.4. The third-order valence-corrected chi connectivity index (χ3v) is 10.0. The number of hydrogen-bond acceptors (Lipinski definition) is 4. The van der Waals surface area contributed by atoms with E-state index in [2.05, 4.69) is 127 Å². The van der Waals surface area contributed by atoms with Gasteiger partial charge in [-0.2, -0.15) is 0 Å². The molecule has 0 fully saturated rings. The lowest BCUT2D eigenvalue weighted by atomic mass is 9.91. The molecule has 4 heteroatoms. The van der Waals surface area contributed by atoms with Crippen molar-refractivity contribution in [1.82, 2.24) is 0 Å². The summed E-state index contributed by atoms with van der Waals surface area (Å²) in [6.07, 6.45) is 0.919. The van der Waals surface area contributed by atoms with E-state index in [1.54, 1.807) is 0 Å². The molecule has 52 heavy (non-hydrogen) atoms. The standard InChI is InChI=1S/C48H30N2O2/c51-29-36-11-5-6-12-43(36)48-44-19-17-41(49-39-15-13-34-21-30-7-1-3-9-32(30)23-37(34)25-39)27-46(44)52-47-28-42(18-20-45(47)48)50-40-16-14-35-22-31-8-2-4-10-33(31)24-38(35)26-40/h1-29,49H. The number of benzene rings is 9. The van der Waals surface area contributed by atoms with Gasteiger partial charge >= 0.3 is 0 Å². The smallest absolute Gasteiger partial charge is 0.150 e. The van der Waals surface area contributed by atoms with Crippen LogP contribution in [0.5, 0.6) is 0 Å². The molecule has 0 bridgehead atoms. The summed E-state index contributed by atoms with van der Waals surface area (Å²) in [5, 5.41) is 14.9. The number of carbonyl (C=O) groups is 1. The Hall–Kier alpha value is -7.04. The van der Waals surface area contributed by atoms with Gasteiger partial charge in [-0.15, -0.1) is 0 Å². The lowest BCUT2D eigenvalue weighted by molar-refractivity contribution is 0.112. The number of rotatable bonds is 5. The van der Waals surface area contributed by atoms with E-state index in [0.717, 1.165) is 56.2 Å². The highest BCUT2D eigenvalue weighted by Crippen LogP contribution is 2.42. The van der Waals surface area contributed by atoms with Gasteiger partial charge < -0.3 is 9.73 Å². The number of carbonyl (C=O) groups excluding carboxylic acids is 1. The Bertz CT molecular complexity index is 3080. The molecule has 0 aromatic heterocycles. The van der Waals surface area contributed by atoms with Crippen LogP contribution in [0.15, 0.2) is 179 Å². The number of hydrogen-bond donors (Lipinski definition) is 1. The molecule has 0 spiro atoms. The zero-order valence-corrected chi connectivity index (χ0v) is 28.0. The SMILES string of the molecule is O=Cc1ccccc1-c1c2ccc(=Nc3ccc4cc5ccccc5cc4c3)cc-2oc2cc(Nc3ccc4cc5ccccc5cc4c3)ccc12. The van der Waals surface area contributed by atoms with E-state index in [0.29, 0.717) is 16.9 Å². The summed E-state index contributed by atoms with van der Waals surface area (Å²) in [5.74, 6) is 0.686. The van der Waals surface area contributed by atoms with Crippen LogP contribution >= 0.6 is 0 Å². The molecule has 1 heterocycles. The Kier molecular flexibility index (Phi) is 6.93. The van der Waals surface area contributed by atoms with Crippen LogP contribution in [0.25, 0.3) is 76.5 Å². The van der Waals surface area contributed by atoms with Gasteiger partial charge in [-0.3, -0.25) is 4.79 Å². The first-order valence-electron chi connectivity index (χ1n) is 17.4. The summed E-state index contributed by atoms with van der Waals surface area (Å²) in [7, 11) is 0. The Morgan fingerprint density at radius 3 is 1.81 bits per heavy atom. The zero-order valence-electron chi connectivity index (χ0n) is 28.0. The topological polar surface area (TPSA) is 54.6 Å². The predicted octanol–water partition coefficient (Wildman–Crippen LogP) is 12.6. The molecule has 0 radical (unpaired) electrons. The third-order valence-electron chi connectivity index (χ3n) is 10.0. The quantitative estimate of drug-likeness (QED) is 0.147. The van der Waals surface area contributed by atoms with Gasteiger partial charge in [0.1, 0.15) is 11.3 Å². The molecule has 4 nitrogen and oxygen atoms in total. The second-order valence-electron chi connectivity index (χ2n) is 13.3. The summed E-state index contributed by atoms with van der Waals surface area (Å²) in [4.78, 5) is 17.3. The van der Waals surface area contributed by atoms with Crippen molar-refractivity contribution in [3.05, 3.63) is 181 Å². The van der Waals surface area contributed by atoms with Gasteiger partial charge in [-0.05, 0) is 121 Å². The van der Waals surface area contributed by atoms with Crippen molar-refractivity contribution < 1.29 is 9.21 Å². The summed E-state index contributed by atoms with van der Waals surface area (Å²) >= 11 is 0. The van der Waals surface area contributed by atoms with E-state index in [-0.39, 0.29) is 0 Å². The lowest BCUT2D eigenvalue weighted by Crippen LogP contribution is -2.03. The van der Waals surface area contributed by atoms with Crippen LogP contribution in [0.3, 0.4) is 0 Å². The average molecular weight is 667 g/mol. The van der Waals surface area contributed by atoms with Gasteiger partial charge in [0.15, 0.2) is 6.29 Å². The number of fused-ring (bicyclic) bond motifs is 6. The number of aldehydes is 1. The molecule has 0 saturated heterocycles. The number of nitrogens with zero attached hydrogens (tertiary/aromatic N) is 1. The molecule has 1 aliphatic carbocycles. The minimum absolute atomic E-state index is 0.625. The van der Waals surface area contributed by atoms with E-state index in [1.807, 2.05) is 48.5 Å². The van der Waals surface area contributed by atoms with Crippen LogP contribution < -0.4 is 10.7 Å². The molecule has 0 atom stereocenters. The molecule has 0 amide bonds. The van der Waals surface area contributed by atoms with E-state index in [1.165, 1.54) is 37.7 Å². The first-order chi connectivity index (χ1) is 25.6. The van der Waals surface area contributed by atoms with Crippen molar-refractivity contribution in [2.75, 3.05) is 5.32 Å². The molecular weight excluding hydrogens is 637 g/mol. The maximum Gasteiger partial charge on any atom is 0.150 e. The summed E-state index contributed by atoms with van der Waals surface area (Å²) in [6, 6.07) is 58.4. The van der Waals surface area contributed by atoms with E-state index < -0.39 is 0 Å². The maximum atomic E-state index is 12.3. The van der Waals surface area contributed by atoms with Gasteiger partial charge in [0.2, 0.25) is 0 Å². The molecule has 1 aliphatic heterocycles. The monoisotopic (exact) mass is 666 g/mol. The Balaban J connectivity index is 1.10. The molecule has 0 saturated carbocycles. The van der Waals surface area contributed by atoms with Gasteiger partial charge in [0, 0.05) is 45.6 Å². The first kappa shape index (κ1) is 29.8. The summed E-state index contributed by atoms with van der Waals surface area (Å²) in [5.41, 5.74) is 6.80. The van der Waals surface area contributed by atoms with Crippen molar-refractivity contribution in [2.24, 2.45) is 4.99 Å². The normalized spacial score (nSPS) is 12.0. The molecular formula is C48H30N2O2. The highest BCUT2D eigenvalue weighted by atomic mass is 16.3. The second-order valence-corrected chi connectivity index (χ2v) is 13.3. The van der Waals surface area contributed by atoms with Gasteiger partial charge in [-0.1, -0.05) is 84.9 Å². The fourth-order valence-electron chi connectivity index (χ4n) is 7.47. The Morgan fingerprint density at radius 2 is 1.08 bits per heavy atom. The van der Waals surface area contributed by atoms with Crippen molar-refractivity contribution >= 4 is 77.4 Å². The number of nitrogens with one attached hydrogen (secondary N) is 1. The van der Waals surface area contributed by atoms with E-state index >= 15 is 0 Å². The molecule has 0 unspecified atom stereocenters. The van der Waals surface area contributed by atoms with Crippen LogP contribution in [-0.4, -0.2) is 6.29 Å². The van der Waals surface area contributed by atoms with E-state index in [9.17, 15) is 4.79 Å². The molecule has 10 rings (SSSR count). The van der Waals surface area contributed by atoms with Gasteiger partial charge in [0.05, 0.1) is 11.0 Å². The van der Waals surface area contributed by atoms with Crippen LogP contribution in [0.4, 0.5) is 17.1 Å². The zero-order chi connectivity index (χ0) is 34.6. The van der Waals surface area contributed by atoms with Crippen molar-refractivity contribution in [3.8, 4) is 22.5 Å². The number of anilines is 2. The van der Waals surface area contributed by atoms with Crippen molar-refractivity contribution in [1.29, 1.82) is 0 Å². The minimum Gasteiger partial charge on any atom is -0.456 e. The highest BCUT2D eigenvalue weighted by Gasteiger charge is 2.19. The molecule has 2 aliphatic rings. The van der Waals surface area contributed by atoms with Crippen LogP contribution in [0, 0.1) is 0 Å². The molecule has 244 valence electrons. The second kappa shape index (κ2) is 12.1. The largest absolute Gasteiger partial charge is 0.456 e. The van der Waals surface area contributed by atoms with Crippen molar-refractivity contribution in [3.63, 3.8) is 0 Å². The minimum atomic E-state index is 0.625. The van der Waals surface area contributed by atoms with Crippen molar-refractivity contribution in [2.45, 2.75) is 0 Å². The Morgan fingerprint density at radius 1 is 0.481 bits per heavy atom. The fraction of sp³-hybridized carbons (Fsp3) is 0. The molecule has 1 N–H and O–H groups in total. The van der Waals surface area contributed by atoms with Crippen LogP contribution in [0.1, 0.15) is 10.4 Å². The Labute approximate surface area is 299 Å². The summed E-state index contributed by atoms with van der Waals surface area (Å²) < 4.78 is 6.69. The van der Waals surface area contributed by atoms with Crippen LogP contribution in [-0.2, 0) is 0 Å². The fourth-order valence-corrected chi connectivity index (χ4v) is 7.47. The highest BCUT2D eigenvalue weighted by molar-refractivity contribution is 6.06. The lowest BCUT2D eigenvalue weighted by Gasteiger charge is -2.17. The third kappa shape index (κ3) is 5.26. The van der Waals surface area contributed by atoms with Gasteiger partial charge in [0.25, 0.3) is 0 Å². The molecule has 8 aromatic rings. The van der Waals surface area contributed by atoms with E-state index in [4.69, 9.17) is 9.41 Å². The maximum absolute atomic E-state index is 12.3. The van der Waals surface area contributed by atoms with Gasteiger partial charge in [-0.25, -0.2) is 4.99 Å². The molecule has 8 aromatic carbocycles. The predicted molar refractivity (Wildman–Crippen MR) is 215 cm³/mol. The van der Waals surface area contributed by atoms with Crippen LogP contribution in [0.2, 0.25) is 0 Å².